The molecule has 0 aliphatic rings. The Kier molecular flexibility index (Phi) is 5.64. The SMILES string of the molecule is CC(C)(C)NCC(O)c1ccc(OS(=O)(=O)c2ccccc2)cc1. The van der Waals surface area contributed by atoms with Crippen LogP contribution in [0.5, 0.6) is 5.75 Å². The third kappa shape index (κ3) is 5.33. The number of aliphatic hydroxyl groups excluding tert-OH is 1. The predicted molar refractivity (Wildman–Crippen MR) is 93.4 cm³/mol. The number of nitrogens with one attached hydrogen (secondary N) is 1. The Labute approximate surface area is 143 Å². The maximum Gasteiger partial charge on any atom is 0.339 e. The first kappa shape index (κ1) is 18.4. The molecule has 1 atom stereocenters. The van der Waals surface area contributed by atoms with E-state index in [1.165, 1.54) is 24.3 Å². The molecule has 24 heavy (non-hydrogen) atoms. The third-order valence-corrected chi connectivity index (χ3v) is 4.59. The van der Waals surface area contributed by atoms with Gasteiger partial charge in [0.2, 0.25) is 0 Å². The molecule has 0 amide bonds. The summed E-state index contributed by atoms with van der Waals surface area (Å²) in [6, 6.07) is 14.4. The van der Waals surface area contributed by atoms with Crippen LogP contribution >= 0.6 is 0 Å². The van der Waals surface area contributed by atoms with Gasteiger partial charge in [0.1, 0.15) is 10.6 Å². The van der Waals surface area contributed by atoms with Crippen molar-refractivity contribution in [3.8, 4) is 5.75 Å². The summed E-state index contributed by atoms with van der Waals surface area (Å²) in [6.45, 7) is 6.47. The van der Waals surface area contributed by atoms with Crippen LogP contribution in [0, 0.1) is 0 Å². The van der Waals surface area contributed by atoms with Crippen LogP contribution in [0.4, 0.5) is 0 Å². The fourth-order valence-electron chi connectivity index (χ4n) is 2.03. The summed E-state index contributed by atoms with van der Waals surface area (Å²) in [4.78, 5) is 0.100. The first-order valence-corrected chi connectivity index (χ1v) is 9.11. The van der Waals surface area contributed by atoms with Gasteiger partial charge in [0.15, 0.2) is 0 Å². The maximum atomic E-state index is 12.2. The predicted octanol–water partition coefficient (Wildman–Crippen LogP) is 2.88. The lowest BCUT2D eigenvalue weighted by Crippen LogP contribution is -2.38. The van der Waals surface area contributed by atoms with Crippen molar-refractivity contribution in [3.63, 3.8) is 0 Å². The van der Waals surface area contributed by atoms with Gasteiger partial charge in [-0.3, -0.25) is 0 Å². The zero-order valence-electron chi connectivity index (χ0n) is 14.1. The third-order valence-electron chi connectivity index (χ3n) is 3.33. The van der Waals surface area contributed by atoms with Gasteiger partial charge >= 0.3 is 10.1 Å². The molecule has 0 saturated carbocycles. The maximum absolute atomic E-state index is 12.2. The van der Waals surface area contributed by atoms with Gasteiger partial charge in [0, 0.05) is 12.1 Å². The van der Waals surface area contributed by atoms with Crippen molar-refractivity contribution in [1.82, 2.24) is 5.32 Å². The van der Waals surface area contributed by atoms with Crippen molar-refractivity contribution >= 4 is 10.1 Å². The van der Waals surface area contributed by atoms with Gasteiger partial charge in [0.05, 0.1) is 6.10 Å². The highest BCUT2D eigenvalue weighted by Gasteiger charge is 2.17. The molecule has 6 heteroatoms. The average Bonchev–Trinajstić information content (AvgIpc) is 2.53. The van der Waals surface area contributed by atoms with E-state index in [0.717, 1.165) is 0 Å². The lowest BCUT2D eigenvalue weighted by atomic mass is 10.1. The Morgan fingerprint density at radius 2 is 1.62 bits per heavy atom. The van der Waals surface area contributed by atoms with Gasteiger partial charge in [0.25, 0.3) is 0 Å². The van der Waals surface area contributed by atoms with E-state index in [1.54, 1.807) is 30.3 Å². The van der Waals surface area contributed by atoms with Crippen LogP contribution < -0.4 is 9.50 Å². The van der Waals surface area contributed by atoms with Crippen molar-refractivity contribution in [3.05, 3.63) is 60.2 Å². The molecular formula is C18H23NO4S. The van der Waals surface area contributed by atoms with E-state index < -0.39 is 16.2 Å². The number of benzene rings is 2. The molecule has 5 nitrogen and oxygen atoms in total. The van der Waals surface area contributed by atoms with E-state index in [2.05, 4.69) is 5.32 Å². The van der Waals surface area contributed by atoms with Crippen molar-refractivity contribution in [2.45, 2.75) is 37.3 Å². The second kappa shape index (κ2) is 7.34. The van der Waals surface area contributed by atoms with E-state index in [4.69, 9.17) is 4.18 Å². The van der Waals surface area contributed by atoms with Crippen molar-refractivity contribution < 1.29 is 17.7 Å². The quantitative estimate of drug-likeness (QED) is 0.784. The van der Waals surface area contributed by atoms with Crippen molar-refractivity contribution in [2.75, 3.05) is 6.54 Å². The highest BCUT2D eigenvalue weighted by molar-refractivity contribution is 7.87. The normalized spacial score (nSPS) is 13.5. The molecule has 0 aliphatic heterocycles. The van der Waals surface area contributed by atoms with Gasteiger partial charge in [-0.2, -0.15) is 8.42 Å². The van der Waals surface area contributed by atoms with Gasteiger partial charge in [-0.1, -0.05) is 30.3 Å². The molecule has 2 N–H and O–H groups in total. The van der Waals surface area contributed by atoms with E-state index in [1.807, 2.05) is 20.8 Å². The molecule has 1 unspecified atom stereocenters. The van der Waals surface area contributed by atoms with Gasteiger partial charge < -0.3 is 14.6 Å². The molecule has 0 bridgehead atoms. The average molecular weight is 349 g/mol. The topological polar surface area (TPSA) is 75.6 Å². The highest BCUT2D eigenvalue weighted by atomic mass is 32.2. The molecule has 0 radical (unpaired) electrons. The second-order valence-corrected chi connectivity index (χ2v) is 8.11. The van der Waals surface area contributed by atoms with Crippen LogP contribution in [0.25, 0.3) is 0 Å². The fraction of sp³-hybridized carbons (Fsp3) is 0.333. The van der Waals surface area contributed by atoms with E-state index in [9.17, 15) is 13.5 Å². The highest BCUT2D eigenvalue weighted by Crippen LogP contribution is 2.21. The summed E-state index contributed by atoms with van der Waals surface area (Å²) < 4.78 is 29.4. The Hall–Kier alpha value is -1.89. The molecule has 2 rings (SSSR count). The molecular weight excluding hydrogens is 326 g/mol. The summed E-state index contributed by atoms with van der Waals surface area (Å²) in [5.74, 6) is 0.207. The monoisotopic (exact) mass is 349 g/mol. The molecule has 2 aromatic carbocycles. The van der Waals surface area contributed by atoms with E-state index in [0.29, 0.717) is 12.1 Å². The lowest BCUT2D eigenvalue weighted by molar-refractivity contribution is 0.163. The number of hydrogen-bond acceptors (Lipinski definition) is 5. The number of aliphatic hydroxyl groups is 1. The largest absolute Gasteiger partial charge is 0.387 e. The van der Waals surface area contributed by atoms with Crippen LogP contribution in [-0.4, -0.2) is 25.6 Å². The molecule has 0 aromatic heterocycles. The number of hydrogen-bond donors (Lipinski definition) is 2. The summed E-state index contributed by atoms with van der Waals surface area (Å²) in [5.41, 5.74) is 0.601. The summed E-state index contributed by atoms with van der Waals surface area (Å²) in [6.07, 6.45) is -0.677. The van der Waals surface area contributed by atoms with Crippen molar-refractivity contribution in [2.24, 2.45) is 0 Å². The smallest absolute Gasteiger partial charge is 0.339 e. The second-order valence-electron chi connectivity index (χ2n) is 6.57. The Morgan fingerprint density at radius 1 is 1.04 bits per heavy atom. The zero-order valence-corrected chi connectivity index (χ0v) is 14.9. The summed E-state index contributed by atoms with van der Waals surface area (Å²) in [7, 11) is -3.85. The minimum Gasteiger partial charge on any atom is -0.387 e. The molecule has 0 saturated heterocycles. The van der Waals surface area contributed by atoms with Gasteiger partial charge in [-0.15, -0.1) is 0 Å². The molecule has 0 aliphatic carbocycles. The van der Waals surface area contributed by atoms with E-state index in [-0.39, 0.29) is 16.2 Å². The van der Waals surface area contributed by atoms with E-state index >= 15 is 0 Å². The van der Waals surface area contributed by atoms with Crippen LogP contribution in [0.15, 0.2) is 59.5 Å². The molecule has 2 aromatic rings. The Balaban J connectivity index is 2.04. The standard InChI is InChI=1S/C18H23NO4S/c1-18(2,3)19-13-17(20)14-9-11-15(12-10-14)23-24(21,22)16-7-5-4-6-8-16/h4-12,17,19-20H,13H2,1-3H3. The van der Waals surface area contributed by atoms with Gasteiger partial charge in [-0.25, -0.2) is 0 Å². The Morgan fingerprint density at radius 3 is 2.17 bits per heavy atom. The summed E-state index contributed by atoms with van der Waals surface area (Å²) >= 11 is 0. The first-order valence-electron chi connectivity index (χ1n) is 7.70. The molecule has 0 spiro atoms. The first-order chi connectivity index (χ1) is 11.2. The molecule has 130 valence electrons. The number of β-amino-alcohol motifs (C(OH)–C–C–N with tert-alkyl or cyclic N) is 1. The van der Waals surface area contributed by atoms with Crippen LogP contribution in [0.3, 0.4) is 0 Å². The molecule has 0 fully saturated rings. The van der Waals surface area contributed by atoms with Gasteiger partial charge in [-0.05, 0) is 50.6 Å². The Bertz CT molecular complexity index is 750. The van der Waals surface area contributed by atoms with Crippen LogP contribution in [-0.2, 0) is 10.1 Å². The zero-order chi connectivity index (χ0) is 17.8. The van der Waals surface area contributed by atoms with Crippen LogP contribution in [0.2, 0.25) is 0 Å². The lowest BCUT2D eigenvalue weighted by Gasteiger charge is -2.23. The summed E-state index contributed by atoms with van der Waals surface area (Å²) in [5, 5.41) is 13.4. The minimum absolute atomic E-state index is 0.0895. The molecule has 0 heterocycles. The minimum atomic E-state index is -3.85. The number of rotatable bonds is 6. The fourth-order valence-corrected chi connectivity index (χ4v) is 2.98. The van der Waals surface area contributed by atoms with Crippen LogP contribution in [0.1, 0.15) is 32.4 Å². The van der Waals surface area contributed by atoms with Crippen molar-refractivity contribution in [1.29, 1.82) is 0 Å².